The van der Waals surface area contributed by atoms with Gasteiger partial charge < -0.3 is 0 Å². The summed E-state index contributed by atoms with van der Waals surface area (Å²) in [5.41, 5.74) is 1.11. The number of aromatic nitrogens is 2. The van der Waals surface area contributed by atoms with Crippen LogP contribution < -0.4 is 0 Å². The van der Waals surface area contributed by atoms with Gasteiger partial charge in [0.1, 0.15) is 5.75 Å². The lowest BCUT2D eigenvalue weighted by atomic mass is 9.96. The van der Waals surface area contributed by atoms with E-state index in [1.807, 2.05) is 4.68 Å². The Labute approximate surface area is 106 Å². The van der Waals surface area contributed by atoms with Crippen LogP contribution in [0.5, 0.6) is 0 Å². The third kappa shape index (κ3) is 2.18. The van der Waals surface area contributed by atoms with E-state index in [1.165, 1.54) is 19.3 Å². The number of nitrogens with zero attached hydrogens (tertiary/aromatic N) is 2. The highest BCUT2D eigenvalue weighted by Gasteiger charge is 2.41. The van der Waals surface area contributed by atoms with Gasteiger partial charge >= 0.3 is 10.2 Å². The second-order valence-corrected chi connectivity index (χ2v) is 7.01. The molecule has 2 aliphatic rings. The van der Waals surface area contributed by atoms with Crippen molar-refractivity contribution in [3.8, 4) is 0 Å². The molecule has 0 aliphatic heterocycles. The fraction of sp³-hybridized carbons (Fsp3) is 0.750. The second kappa shape index (κ2) is 4.05. The van der Waals surface area contributed by atoms with Crippen molar-refractivity contribution in [2.45, 2.75) is 44.4 Å². The van der Waals surface area contributed by atoms with Crippen molar-refractivity contribution in [3.05, 3.63) is 17.5 Å². The first-order chi connectivity index (χ1) is 8.42. The van der Waals surface area contributed by atoms with Gasteiger partial charge in [-0.1, -0.05) is 6.42 Å². The summed E-state index contributed by atoms with van der Waals surface area (Å²) < 4.78 is 36.0. The van der Waals surface area contributed by atoms with Gasteiger partial charge in [-0.2, -0.15) is 13.5 Å². The molecule has 1 heterocycles. The fourth-order valence-corrected chi connectivity index (χ4v) is 4.21. The first-order valence-corrected chi connectivity index (χ1v) is 7.94. The van der Waals surface area contributed by atoms with Gasteiger partial charge in [-0.05, 0) is 38.0 Å². The predicted octanol–water partition coefficient (Wildman–Crippen LogP) is 2.35. The van der Waals surface area contributed by atoms with Gasteiger partial charge in [0.15, 0.2) is 0 Å². The first-order valence-electron chi connectivity index (χ1n) is 6.39. The smallest absolute Gasteiger partial charge is 0.269 e. The van der Waals surface area contributed by atoms with Crippen LogP contribution >= 0.6 is 0 Å². The molecule has 3 unspecified atom stereocenters. The van der Waals surface area contributed by atoms with Gasteiger partial charge in [0.05, 0.1) is 11.7 Å². The average molecular weight is 272 g/mol. The molecule has 0 saturated heterocycles. The number of halogens is 1. The topological polar surface area (TPSA) is 52.0 Å². The van der Waals surface area contributed by atoms with E-state index in [4.69, 9.17) is 0 Å². The molecule has 18 heavy (non-hydrogen) atoms. The molecule has 2 fully saturated rings. The maximum Gasteiger partial charge on any atom is 0.306 e. The molecule has 2 aliphatic carbocycles. The van der Waals surface area contributed by atoms with Crippen LogP contribution in [0.3, 0.4) is 0 Å². The van der Waals surface area contributed by atoms with Gasteiger partial charge in [0, 0.05) is 11.8 Å². The minimum absolute atomic E-state index is 0.388. The summed E-state index contributed by atoms with van der Waals surface area (Å²) in [6.07, 6.45) is 6.67. The van der Waals surface area contributed by atoms with E-state index in [9.17, 15) is 12.3 Å². The molecule has 1 aromatic heterocycles. The van der Waals surface area contributed by atoms with Gasteiger partial charge in [-0.25, -0.2) is 0 Å². The van der Waals surface area contributed by atoms with Crippen LogP contribution in [0.2, 0.25) is 0 Å². The lowest BCUT2D eigenvalue weighted by molar-refractivity contribution is 0.306. The molecule has 3 atom stereocenters. The number of fused-ring (bicyclic) bond motifs is 2. The largest absolute Gasteiger partial charge is 0.306 e. The summed E-state index contributed by atoms with van der Waals surface area (Å²) in [5.74, 6) is 0.918. The number of rotatable bonds is 3. The molecule has 0 aromatic carbocycles. The minimum atomic E-state index is -4.47. The predicted molar refractivity (Wildman–Crippen MR) is 65.2 cm³/mol. The van der Waals surface area contributed by atoms with Gasteiger partial charge in [0.25, 0.3) is 0 Å². The Balaban J connectivity index is 1.84. The Bertz CT molecular complexity index is 567. The SMILES string of the molecule is Cc1nn(C2CC3CCC2C3)cc1CS(=O)(=O)F. The van der Waals surface area contributed by atoms with E-state index in [-0.39, 0.29) is 0 Å². The second-order valence-electron chi connectivity index (χ2n) is 5.65. The van der Waals surface area contributed by atoms with Crippen LogP contribution in [-0.2, 0) is 16.0 Å². The van der Waals surface area contributed by atoms with Crippen molar-refractivity contribution in [2.24, 2.45) is 11.8 Å². The fourth-order valence-electron chi connectivity index (χ4n) is 3.55. The van der Waals surface area contributed by atoms with Gasteiger partial charge in [-0.15, -0.1) is 3.89 Å². The van der Waals surface area contributed by atoms with Crippen molar-refractivity contribution < 1.29 is 12.3 Å². The van der Waals surface area contributed by atoms with Crippen LogP contribution in [0.1, 0.15) is 43.0 Å². The van der Waals surface area contributed by atoms with Crippen molar-refractivity contribution in [1.29, 1.82) is 0 Å². The summed E-state index contributed by atoms with van der Waals surface area (Å²) in [6, 6.07) is 0.388. The third-order valence-corrected chi connectivity index (χ3v) is 5.04. The van der Waals surface area contributed by atoms with Crippen LogP contribution in [0, 0.1) is 18.8 Å². The molecule has 100 valence electrons. The molecule has 1 aromatic rings. The lowest BCUT2D eigenvalue weighted by Gasteiger charge is -2.21. The van der Waals surface area contributed by atoms with Crippen LogP contribution in [0.4, 0.5) is 3.89 Å². The highest BCUT2D eigenvalue weighted by atomic mass is 32.3. The molecule has 0 amide bonds. The average Bonchev–Trinajstić information content (AvgIpc) is 2.92. The highest BCUT2D eigenvalue weighted by molar-refractivity contribution is 7.85. The Morgan fingerprint density at radius 3 is 2.78 bits per heavy atom. The zero-order valence-corrected chi connectivity index (χ0v) is 11.2. The molecule has 0 radical (unpaired) electrons. The third-order valence-electron chi connectivity index (χ3n) is 4.39. The Morgan fingerprint density at radius 1 is 1.44 bits per heavy atom. The zero-order chi connectivity index (χ0) is 12.9. The molecular weight excluding hydrogens is 255 g/mol. The maximum absolute atomic E-state index is 12.7. The Morgan fingerprint density at radius 2 is 2.22 bits per heavy atom. The van der Waals surface area contributed by atoms with Crippen LogP contribution in [-0.4, -0.2) is 18.2 Å². The van der Waals surface area contributed by atoms with E-state index in [0.717, 1.165) is 12.3 Å². The molecular formula is C12H17FN2O2S. The van der Waals surface area contributed by atoms with Crippen LogP contribution in [0.25, 0.3) is 0 Å². The Kier molecular flexibility index (Phi) is 2.73. The molecule has 0 spiro atoms. The van der Waals surface area contributed by atoms with Crippen LogP contribution in [0.15, 0.2) is 6.20 Å². The first kappa shape index (κ1) is 12.1. The summed E-state index contributed by atoms with van der Waals surface area (Å²) in [5, 5.41) is 4.38. The zero-order valence-electron chi connectivity index (χ0n) is 10.3. The Hall–Kier alpha value is -0.910. The van der Waals surface area contributed by atoms with Crippen molar-refractivity contribution in [2.75, 3.05) is 0 Å². The van der Waals surface area contributed by atoms with E-state index in [1.54, 1.807) is 13.1 Å². The van der Waals surface area contributed by atoms with Gasteiger partial charge in [-0.3, -0.25) is 4.68 Å². The maximum atomic E-state index is 12.7. The summed E-state index contributed by atoms with van der Waals surface area (Å²) >= 11 is 0. The quantitative estimate of drug-likeness (QED) is 0.794. The standard InChI is InChI=1S/C12H17FN2O2S/c1-8-11(7-18(13,16)17)6-15(14-8)12-5-9-2-3-10(12)4-9/h6,9-10,12H,2-5,7H2,1H3. The molecule has 3 rings (SSSR count). The summed E-state index contributed by atoms with van der Waals surface area (Å²) in [6.45, 7) is 1.74. The molecule has 0 N–H and O–H groups in total. The lowest BCUT2D eigenvalue weighted by Crippen LogP contribution is -2.16. The highest BCUT2D eigenvalue weighted by Crippen LogP contribution is 2.50. The monoisotopic (exact) mass is 272 g/mol. The van der Waals surface area contributed by atoms with E-state index >= 15 is 0 Å². The van der Waals surface area contributed by atoms with E-state index in [2.05, 4.69) is 5.10 Å². The summed E-state index contributed by atoms with van der Waals surface area (Å²) in [4.78, 5) is 0. The number of aryl methyl sites for hydroxylation is 1. The van der Waals surface area contributed by atoms with Gasteiger partial charge in [0.2, 0.25) is 0 Å². The normalized spacial score (nSPS) is 31.1. The van der Waals surface area contributed by atoms with E-state index < -0.39 is 16.0 Å². The molecule has 4 nitrogen and oxygen atoms in total. The van der Waals surface area contributed by atoms with Crippen molar-refractivity contribution in [3.63, 3.8) is 0 Å². The van der Waals surface area contributed by atoms with Crippen molar-refractivity contribution >= 4 is 10.2 Å². The van der Waals surface area contributed by atoms with Crippen molar-refractivity contribution in [1.82, 2.24) is 9.78 Å². The molecule has 2 bridgehead atoms. The number of hydrogen-bond acceptors (Lipinski definition) is 3. The van der Waals surface area contributed by atoms with E-state index in [0.29, 0.717) is 23.2 Å². The summed E-state index contributed by atoms with van der Waals surface area (Å²) in [7, 11) is -4.47. The molecule has 2 saturated carbocycles. The number of hydrogen-bond donors (Lipinski definition) is 0. The molecule has 6 heteroatoms. The minimum Gasteiger partial charge on any atom is -0.269 e.